The number of thiol groups is 1. The minimum absolute atomic E-state index is 0.0382. The van der Waals surface area contributed by atoms with Gasteiger partial charge in [-0.1, -0.05) is 13.8 Å². The molecule has 0 unspecified atom stereocenters. The van der Waals surface area contributed by atoms with Gasteiger partial charge in [0.25, 0.3) is 10.1 Å². The van der Waals surface area contributed by atoms with Crippen molar-refractivity contribution in [3.05, 3.63) is 0 Å². The zero-order valence-corrected chi connectivity index (χ0v) is 8.86. The Morgan fingerprint density at radius 1 is 1.50 bits per heavy atom. The van der Waals surface area contributed by atoms with Crippen molar-refractivity contribution in [3.8, 4) is 6.07 Å². The first-order valence-electron chi connectivity index (χ1n) is 3.46. The van der Waals surface area contributed by atoms with E-state index in [0.717, 1.165) is 0 Å². The third-order valence-corrected chi connectivity index (χ3v) is 2.54. The molecule has 0 bridgehead atoms. The molecule has 4 nitrogen and oxygen atoms in total. The van der Waals surface area contributed by atoms with E-state index in [1.54, 1.807) is 6.92 Å². The molecule has 0 fully saturated rings. The fourth-order valence-electron chi connectivity index (χ4n) is 0.287. The normalized spacial score (nSPS) is 9.50. The largest absolute Gasteiger partial charge is 0.277 e. The highest BCUT2D eigenvalue weighted by molar-refractivity contribution is 7.95. The topological polar surface area (TPSA) is 67.2 Å². The second-order valence-electron chi connectivity index (χ2n) is 1.85. The first-order chi connectivity index (χ1) is 5.54. The van der Waals surface area contributed by atoms with Crippen LogP contribution in [0.2, 0.25) is 0 Å². The van der Waals surface area contributed by atoms with Gasteiger partial charge in [-0.05, 0) is 19.3 Å². The lowest BCUT2D eigenvalue weighted by atomic mass is 10.6. The Kier molecular flexibility index (Phi) is 10.5. The molecule has 0 saturated carbocycles. The highest BCUT2D eigenvalue weighted by Crippen LogP contribution is 1.96. The van der Waals surface area contributed by atoms with Crippen LogP contribution in [0.15, 0.2) is 0 Å². The summed E-state index contributed by atoms with van der Waals surface area (Å²) in [5, 5.41) is 7.62. The smallest absolute Gasteiger partial charge is 0.201 e. The van der Waals surface area contributed by atoms with Gasteiger partial charge in [-0.2, -0.15) is 13.7 Å². The zero-order chi connectivity index (χ0) is 10.0. The summed E-state index contributed by atoms with van der Waals surface area (Å²) < 4.78 is 24.4. The quantitative estimate of drug-likeness (QED) is 0.567. The van der Waals surface area contributed by atoms with Crippen LogP contribution in [-0.2, 0) is 13.7 Å². The van der Waals surface area contributed by atoms with E-state index in [9.17, 15) is 8.42 Å². The molecule has 0 N–H and O–H groups in total. The predicted molar refractivity (Wildman–Crippen MR) is 50.1 cm³/mol. The number of nitrogens with zero attached hydrogens (tertiary/aromatic N) is 1. The average molecular weight is 211 g/mol. The lowest BCUT2D eigenvalue weighted by Gasteiger charge is -1.92. The Balaban J connectivity index is 0. The molecule has 72 valence electrons. The molecule has 0 aliphatic carbocycles. The molecule has 0 radical (unpaired) electrons. The predicted octanol–water partition coefficient (Wildman–Crippen LogP) is 1.51. The van der Waals surface area contributed by atoms with Gasteiger partial charge >= 0.3 is 0 Å². The summed E-state index contributed by atoms with van der Waals surface area (Å²) in [6.07, 6.45) is 1.18. The monoisotopic (exact) mass is 211 g/mol. The van der Waals surface area contributed by atoms with Crippen LogP contribution in [0, 0.1) is 11.3 Å². The van der Waals surface area contributed by atoms with Gasteiger partial charge in [-0.25, -0.2) is 3.63 Å². The Labute approximate surface area is 79.3 Å². The highest BCUT2D eigenvalue weighted by Gasteiger charge is 2.04. The maximum Gasteiger partial charge on any atom is 0.277 e. The van der Waals surface area contributed by atoms with E-state index < -0.39 is 10.1 Å². The van der Waals surface area contributed by atoms with Gasteiger partial charge in [0.1, 0.15) is 0 Å². The second-order valence-corrected chi connectivity index (χ2v) is 3.97. The fourth-order valence-corrected chi connectivity index (χ4v) is 1.09. The lowest BCUT2D eigenvalue weighted by molar-refractivity contribution is 0.520. The Hall–Kier alpha value is -0.250. The number of rotatable bonds is 3. The van der Waals surface area contributed by atoms with Crippen molar-refractivity contribution in [1.29, 1.82) is 5.26 Å². The van der Waals surface area contributed by atoms with Crippen molar-refractivity contribution in [2.45, 2.75) is 26.7 Å². The van der Waals surface area contributed by atoms with E-state index >= 15 is 0 Å². The zero-order valence-electron chi connectivity index (χ0n) is 7.15. The molecule has 0 atom stereocenters. The maximum atomic E-state index is 10.3. The molecule has 0 heterocycles. The minimum atomic E-state index is -3.31. The van der Waals surface area contributed by atoms with Gasteiger partial charge in [0.15, 0.2) is 0 Å². The van der Waals surface area contributed by atoms with Crippen molar-refractivity contribution in [2.75, 3.05) is 5.75 Å². The van der Waals surface area contributed by atoms with E-state index in [0.29, 0.717) is 12.8 Å². The molecule has 0 aliphatic rings. The summed E-state index contributed by atoms with van der Waals surface area (Å²) in [5.41, 5.74) is 0. The van der Waals surface area contributed by atoms with Gasteiger partial charge < -0.3 is 0 Å². The molecule has 12 heavy (non-hydrogen) atoms. The first kappa shape index (κ1) is 14.3. The summed E-state index contributed by atoms with van der Waals surface area (Å²) in [7, 11) is -3.31. The van der Waals surface area contributed by atoms with Crippen LogP contribution in [0.25, 0.3) is 0 Å². The Morgan fingerprint density at radius 2 is 1.92 bits per heavy atom. The van der Waals surface area contributed by atoms with Gasteiger partial charge in [-0.15, -0.1) is 0 Å². The second kappa shape index (κ2) is 8.84. The van der Waals surface area contributed by atoms with Gasteiger partial charge in [0, 0.05) is 6.42 Å². The van der Waals surface area contributed by atoms with Crippen molar-refractivity contribution in [3.63, 3.8) is 0 Å². The third kappa shape index (κ3) is 12.4. The van der Waals surface area contributed by atoms with Crippen LogP contribution in [0.4, 0.5) is 0 Å². The molecular weight excluding hydrogens is 198 g/mol. The van der Waals surface area contributed by atoms with E-state index in [-0.39, 0.29) is 5.75 Å². The molecule has 0 aromatic rings. The van der Waals surface area contributed by atoms with Gasteiger partial charge in [0.2, 0.25) is 0 Å². The van der Waals surface area contributed by atoms with E-state index in [4.69, 9.17) is 5.26 Å². The number of hydrogen-bond acceptors (Lipinski definition) is 5. The standard InChI is InChI=1S/C3H5N.C3H8O3S2/c1-2-3-4;1-2-3-8(4,5)6-7/h2H2,1H3;7H,2-3H2,1H3. The number of nitriles is 1. The van der Waals surface area contributed by atoms with E-state index in [1.165, 1.54) is 0 Å². The molecular formula is C6H13NO3S2. The van der Waals surface area contributed by atoms with Crippen molar-refractivity contribution in [1.82, 2.24) is 0 Å². The molecule has 0 spiro atoms. The Bertz CT molecular complexity index is 217. The lowest BCUT2D eigenvalue weighted by Crippen LogP contribution is -2.03. The molecule has 0 aromatic carbocycles. The minimum Gasteiger partial charge on any atom is -0.201 e. The molecule has 0 aliphatic heterocycles. The maximum absolute atomic E-state index is 10.3. The summed E-state index contributed by atoms with van der Waals surface area (Å²) in [5.74, 6) is 0.0382. The van der Waals surface area contributed by atoms with Crippen LogP contribution in [-0.4, -0.2) is 14.2 Å². The van der Waals surface area contributed by atoms with Crippen LogP contribution < -0.4 is 0 Å². The number of hydrogen-bond donors (Lipinski definition) is 1. The molecule has 6 heteroatoms. The average Bonchev–Trinajstić information content (AvgIpc) is 2.05. The van der Waals surface area contributed by atoms with Gasteiger partial charge in [-0.3, -0.25) is 0 Å². The van der Waals surface area contributed by atoms with Crippen molar-refractivity contribution >= 4 is 23.0 Å². The van der Waals surface area contributed by atoms with Crippen LogP contribution >= 0.6 is 12.9 Å². The van der Waals surface area contributed by atoms with E-state index in [2.05, 4.69) is 16.5 Å². The Morgan fingerprint density at radius 3 is 2.00 bits per heavy atom. The van der Waals surface area contributed by atoms with Crippen LogP contribution in [0.5, 0.6) is 0 Å². The summed E-state index contributed by atoms with van der Waals surface area (Å²) >= 11 is 3.15. The van der Waals surface area contributed by atoms with Crippen LogP contribution in [0.3, 0.4) is 0 Å². The highest BCUT2D eigenvalue weighted by atomic mass is 32.3. The van der Waals surface area contributed by atoms with Crippen molar-refractivity contribution < 1.29 is 12.0 Å². The summed E-state index contributed by atoms with van der Waals surface area (Å²) in [6.45, 7) is 3.57. The van der Waals surface area contributed by atoms with Crippen molar-refractivity contribution in [2.24, 2.45) is 0 Å². The van der Waals surface area contributed by atoms with Crippen LogP contribution in [0.1, 0.15) is 26.7 Å². The molecule has 0 rings (SSSR count). The van der Waals surface area contributed by atoms with Gasteiger partial charge in [0.05, 0.1) is 11.8 Å². The molecule has 0 aromatic heterocycles. The fraction of sp³-hybridized carbons (Fsp3) is 0.833. The van der Waals surface area contributed by atoms with E-state index in [1.807, 2.05) is 13.0 Å². The summed E-state index contributed by atoms with van der Waals surface area (Å²) in [6, 6.07) is 1.93. The first-order valence-corrected chi connectivity index (χ1v) is 5.41. The summed E-state index contributed by atoms with van der Waals surface area (Å²) in [4.78, 5) is 0. The SMILES string of the molecule is CCC#N.CCCS(=O)(=O)OS. The third-order valence-electron chi connectivity index (χ3n) is 0.726. The molecule has 0 saturated heterocycles. The molecule has 0 amide bonds.